The van der Waals surface area contributed by atoms with Crippen LogP contribution in [0.5, 0.6) is 0 Å². The zero-order chi connectivity index (χ0) is 18.4. The van der Waals surface area contributed by atoms with Gasteiger partial charge in [-0.15, -0.1) is 0 Å². The van der Waals surface area contributed by atoms with Gasteiger partial charge in [0.2, 0.25) is 15.9 Å². The van der Waals surface area contributed by atoms with Crippen molar-refractivity contribution in [2.45, 2.75) is 13.0 Å². The van der Waals surface area contributed by atoms with Crippen molar-refractivity contribution in [1.82, 2.24) is 10.3 Å². The van der Waals surface area contributed by atoms with Crippen LogP contribution in [-0.4, -0.2) is 32.1 Å². The fourth-order valence-electron chi connectivity index (χ4n) is 2.13. The standard InChI is InChI=1S/C16H17F2N3O3S/c1-25(23,24)21(15-6-5-12(17)10-14(15)18)9-7-16(22)20-11-13-4-2-3-8-19-13/h2-6,8,10H,7,9,11H2,1H3,(H,20,22). The third-order valence-corrected chi connectivity index (χ3v) is 4.49. The first-order valence-corrected chi connectivity index (χ1v) is 9.21. The summed E-state index contributed by atoms with van der Waals surface area (Å²) in [6.07, 6.45) is 2.29. The lowest BCUT2D eigenvalue weighted by molar-refractivity contribution is -0.121. The first-order valence-electron chi connectivity index (χ1n) is 7.37. The van der Waals surface area contributed by atoms with Gasteiger partial charge in [-0.25, -0.2) is 17.2 Å². The fraction of sp³-hybridized carbons (Fsp3) is 0.250. The van der Waals surface area contributed by atoms with Crippen LogP contribution >= 0.6 is 0 Å². The molecule has 0 atom stereocenters. The summed E-state index contributed by atoms with van der Waals surface area (Å²) in [6.45, 7) is -0.0705. The highest BCUT2D eigenvalue weighted by Crippen LogP contribution is 2.22. The summed E-state index contributed by atoms with van der Waals surface area (Å²) in [5.41, 5.74) is 0.349. The van der Waals surface area contributed by atoms with Gasteiger partial charge in [0.1, 0.15) is 11.6 Å². The molecule has 25 heavy (non-hydrogen) atoms. The maximum absolute atomic E-state index is 13.9. The molecule has 0 saturated carbocycles. The highest BCUT2D eigenvalue weighted by Gasteiger charge is 2.22. The van der Waals surface area contributed by atoms with Gasteiger partial charge in [-0.2, -0.15) is 0 Å². The predicted octanol–water partition coefficient (Wildman–Crippen LogP) is 1.83. The monoisotopic (exact) mass is 369 g/mol. The van der Waals surface area contributed by atoms with Gasteiger partial charge in [0.25, 0.3) is 0 Å². The molecule has 0 aliphatic carbocycles. The number of nitrogens with zero attached hydrogens (tertiary/aromatic N) is 2. The molecule has 1 amide bonds. The molecular formula is C16H17F2N3O3S. The van der Waals surface area contributed by atoms with Crippen molar-refractivity contribution in [3.8, 4) is 0 Å². The number of amides is 1. The Morgan fingerprint density at radius 3 is 2.60 bits per heavy atom. The Balaban J connectivity index is 2.02. The van der Waals surface area contributed by atoms with Crippen LogP contribution < -0.4 is 9.62 Å². The summed E-state index contributed by atoms with van der Waals surface area (Å²) in [5.74, 6) is -2.25. The second-order valence-electron chi connectivity index (χ2n) is 5.28. The van der Waals surface area contributed by atoms with E-state index in [1.54, 1.807) is 24.4 Å². The first-order chi connectivity index (χ1) is 11.8. The summed E-state index contributed by atoms with van der Waals surface area (Å²) >= 11 is 0. The Labute approximate surface area is 144 Å². The van der Waals surface area contributed by atoms with Crippen molar-refractivity contribution in [3.05, 3.63) is 59.9 Å². The van der Waals surface area contributed by atoms with E-state index in [2.05, 4.69) is 10.3 Å². The second kappa shape index (κ2) is 8.02. The molecule has 1 aromatic carbocycles. The van der Waals surface area contributed by atoms with Crippen molar-refractivity contribution in [3.63, 3.8) is 0 Å². The van der Waals surface area contributed by atoms with Crippen molar-refractivity contribution < 1.29 is 22.0 Å². The van der Waals surface area contributed by atoms with E-state index < -0.39 is 27.6 Å². The van der Waals surface area contributed by atoms with Gasteiger partial charge in [-0.3, -0.25) is 14.1 Å². The van der Waals surface area contributed by atoms with Crippen LogP contribution in [0.2, 0.25) is 0 Å². The first kappa shape index (κ1) is 18.8. The number of nitrogens with one attached hydrogen (secondary N) is 1. The van der Waals surface area contributed by atoms with Crippen molar-refractivity contribution in [2.24, 2.45) is 0 Å². The normalized spacial score (nSPS) is 11.2. The van der Waals surface area contributed by atoms with Gasteiger partial charge in [-0.1, -0.05) is 6.07 Å². The predicted molar refractivity (Wildman–Crippen MR) is 89.2 cm³/mol. The average molecular weight is 369 g/mol. The third kappa shape index (κ3) is 5.49. The summed E-state index contributed by atoms with van der Waals surface area (Å²) < 4.78 is 51.4. The van der Waals surface area contributed by atoms with Crippen LogP contribution in [0.3, 0.4) is 0 Å². The van der Waals surface area contributed by atoms with Gasteiger partial charge >= 0.3 is 0 Å². The highest BCUT2D eigenvalue weighted by molar-refractivity contribution is 7.92. The van der Waals surface area contributed by atoms with Gasteiger partial charge in [0.05, 0.1) is 24.2 Å². The number of benzene rings is 1. The smallest absolute Gasteiger partial charge is 0.232 e. The number of carbonyl (C=O) groups is 1. The fourth-order valence-corrected chi connectivity index (χ4v) is 3.06. The Bertz CT molecular complexity index is 845. The molecule has 0 aliphatic rings. The molecule has 9 heteroatoms. The minimum Gasteiger partial charge on any atom is -0.350 e. The van der Waals surface area contributed by atoms with E-state index in [0.717, 1.165) is 22.7 Å². The summed E-state index contributed by atoms with van der Waals surface area (Å²) in [4.78, 5) is 16.0. The molecule has 2 rings (SSSR count). The van der Waals surface area contributed by atoms with Gasteiger partial charge in [0, 0.05) is 25.2 Å². The van der Waals surface area contributed by atoms with Crippen LogP contribution in [0.25, 0.3) is 0 Å². The van der Waals surface area contributed by atoms with E-state index in [4.69, 9.17) is 0 Å². The average Bonchev–Trinajstić information content (AvgIpc) is 2.54. The lowest BCUT2D eigenvalue weighted by atomic mass is 10.3. The Morgan fingerprint density at radius 1 is 1.24 bits per heavy atom. The number of halogens is 2. The Hall–Kier alpha value is -2.55. The minimum absolute atomic E-state index is 0.184. The molecule has 0 bridgehead atoms. The SMILES string of the molecule is CS(=O)(=O)N(CCC(=O)NCc1ccccn1)c1ccc(F)cc1F. The lowest BCUT2D eigenvalue weighted by Gasteiger charge is -2.22. The van der Waals surface area contributed by atoms with Crippen LogP contribution in [-0.2, 0) is 21.4 Å². The molecular weight excluding hydrogens is 352 g/mol. The summed E-state index contributed by atoms with van der Waals surface area (Å²) in [5, 5.41) is 2.60. The zero-order valence-corrected chi connectivity index (χ0v) is 14.3. The summed E-state index contributed by atoms with van der Waals surface area (Å²) in [6, 6.07) is 7.82. The molecule has 1 N–H and O–H groups in total. The molecule has 2 aromatic rings. The number of hydrogen-bond donors (Lipinski definition) is 1. The molecule has 0 saturated heterocycles. The topological polar surface area (TPSA) is 79.4 Å². The van der Waals surface area contributed by atoms with Crippen LogP contribution in [0.1, 0.15) is 12.1 Å². The molecule has 0 radical (unpaired) electrons. The van der Waals surface area contributed by atoms with Gasteiger partial charge in [0.15, 0.2) is 0 Å². The number of hydrogen-bond acceptors (Lipinski definition) is 4. The molecule has 0 unspecified atom stereocenters. The molecule has 1 heterocycles. The number of aromatic nitrogens is 1. The number of pyridine rings is 1. The maximum Gasteiger partial charge on any atom is 0.232 e. The highest BCUT2D eigenvalue weighted by atomic mass is 32.2. The van der Waals surface area contributed by atoms with Crippen molar-refractivity contribution >= 4 is 21.6 Å². The number of anilines is 1. The van der Waals surface area contributed by atoms with E-state index in [1.807, 2.05) is 0 Å². The van der Waals surface area contributed by atoms with Crippen molar-refractivity contribution in [1.29, 1.82) is 0 Å². The number of sulfonamides is 1. The third-order valence-electron chi connectivity index (χ3n) is 3.31. The van der Waals surface area contributed by atoms with Crippen LogP contribution in [0.4, 0.5) is 14.5 Å². The molecule has 1 aromatic heterocycles. The number of rotatable bonds is 7. The maximum atomic E-state index is 13.9. The molecule has 6 nitrogen and oxygen atoms in total. The molecule has 134 valence electrons. The quantitative estimate of drug-likeness (QED) is 0.808. The zero-order valence-electron chi connectivity index (χ0n) is 13.4. The second-order valence-corrected chi connectivity index (χ2v) is 7.19. The summed E-state index contributed by atoms with van der Waals surface area (Å²) in [7, 11) is -3.84. The van der Waals surface area contributed by atoms with E-state index in [0.29, 0.717) is 11.8 Å². The number of carbonyl (C=O) groups excluding carboxylic acids is 1. The minimum atomic E-state index is -3.84. The van der Waals surface area contributed by atoms with Gasteiger partial charge < -0.3 is 5.32 Å². The van der Waals surface area contributed by atoms with E-state index >= 15 is 0 Å². The van der Waals surface area contributed by atoms with Crippen molar-refractivity contribution in [2.75, 3.05) is 17.1 Å². The van der Waals surface area contributed by atoms with Gasteiger partial charge in [-0.05, 0) is 24.3 Å². The van der Waals surface area contributed by atoms with E-state index in [9.17, 15) is 22.0 Å². The Morgan fingerprint density at radius 2 is 2.00 bits per heavy atom. The van der Waals surface area contributed by atoms with Crippen LogP contribution in [0.15, 0.2) is 42.6 Å². The van der Waals surface area contributed by atoms with E-state index in [-0.39, 0.29) is 25.2 Å². The lowest BCUT2D eigenvalue weighted by Crippen LogP contribution is -2.35. The largest absolute Gasteiger partial charge is 0.350 e. The molecule has 0 aliphatic heterocycles. The Kier molecular flexibility index (Phi) is 6.02. The van der Waals surface area contributed by atoms with E-state index in [1.165, 1.54) is 0 Å². The molecule has 0 fully saturated rings. The van der Waals surface area contributed by atoms with Crippen LogP contribution in [0, 0.1) is 11.6 Å². The molecule has 0 spiro atoms.